The lowest BCUT2D eigenvalue weighted by molar-refractivity contribution is -0.141. The van der Waals surface area contributed by atoms with Crippen LogP contribution in [0.15, 0.2) is 0 Å². The third-order valence-electron chi connectivity index (χ3n) is 1.49. The second kappa shape index (κ2) is 5.29. The van der Waals surface area contributed by atoms with Gasteiger partial charge in [0.15, 0.2) is 0 Å². The second-order valence-electron chi connectivity index (χ2n) is 2.70. The van der Waals surface area contributed by atoms with Gasteiger partial charge in [-0.3, -0.25) is 14.9 Å². The van der Waals surface area contributed by atoms with Crippen molar-refractivity contribution < 1.29 is 19.1 Å². The van der Waals surface area contributed by atoms with Crippen molar-refractivity contribution in [1.82, 2.24) is 5.32 Å². The van der Waals surface area contributed by atoms with Gasteiger partial charge in [0.2, 0.25) is 5.91 Å². The number of imide groups is 1. The highest BCUT2D eigenvalue weighted by atomic mass is 16.6. The molecule has 0 aromatic carbocycles. The van der Waals surface area contributed by atoms with Crippen LogP contribution in [0.25, 0.3) is 0 Å². The predicted octanol–water partition coefficient (Wildman–Crippen LogP) is 0.832. The number of amides is 2. The SMILES string of the molecule is CCC(C)C(=O)OC(=O)NC(C)=O. The summed E-state index contributed by atoms with van der Waals surface area (Å²) in [7, 11) is 0. The van der Waals surface area contributed by atoms with E-state index in [1.807, 2.05) is 5.32 Å². The zero-order chi connectivity index (χ0) is 10.4. The number of esters is 1. The Bertz CT molecular complexity index is 224. The highest BCUT2D eigenvalue weighted by Crippen LogP contribution is 2.02. The van der Waals surface area contributed by atoms with Crippen molar-refractivity contribution >= 4 is 18.0 Å². The molecule has 0 aliphatic heterocycles. The number of alkyl carbamates (subject to hydrolysis) is 1. The van der Waals surface area contributed by atoms with E-state index < -0.39 is 18.0 Å². The van der Waals surface area contributed by atoms with Gasteiger partial charge in [-0.2, -0.15) is 0 Å². The summed E-state index contributed by atoms with van der Waals surface area (Å²) in [6.45, 7) is 4.60. The zero-order valence-electron chi connectivity index (χ0n) is 7.92. The first-order valence-corrected chi connectivity index (χ1v) is 4.00. The normalized spacial score (nSPS) is 11.6. The fourth-order valence-electron chi connectivity index (χ4n) is 0.528. The molecule has 0 heterocycles. The number of rotatable bonds is 2. The van der Waals surface area contributed by atoms with Crippen molar-refractivity contribution in [3.8, 4) is 0 Å². The first-order chi connectivity index (χ1) is 5.97. The van der Waals surface area contributed by atoms with Crippen LogP contribution in [0.3, 0.4) is 0 Å². The Hall–Kier alpha value is -1.39. The van der Waals surface area contributed by atoms with Crippen LogP contribution in [0.2, 0.25) is 0 Å². The summed E-state index contributed by atoms with van der Waals surface area (Å²) in [4.78, 5) is 32.0. The average Bonchev–Trinajstić information content (AvgIpc) is 2.01. The van der Waals surface area contributed by atoms with Gasteiger partial charge in [-0.15, -0.1) is 0 Å². The molecule has 0 aliphatic carbocycles. The summed E-state index contributed by atoms with van der Waals surface area (Å²) in [5.41, 5.74) is 0. The molecule has 5 nitrogen and oxygen atoms in total. The summed E-state index contributed by atoms with van der Waals surface area (Å²) in [5, 5.41) is 1.83. The number of nitrogens with one attached hydrogen (secondary N) is 1. The minimum absolute atomic E-state index is 0.335. The molecule has 5 heteroatoms. The number of carbonyl (C=O) groups is 3. The Morgan fingerprint density at radius 2 is 1.92 bits per heavy atom. The van der Waals surface area contributed by atoms with Gasteiger partial charge in [-0.1, -0.05) is 13.8 Å². The van der Waals surface area contributed by atoms with E-state index in [2.05, 4.69) is 4.74 Å². The Labute approximate surface area is 76.4 Å². The van der Waals surface area contributed by atoms with E-state index in [4.69, 9.17) is 0 Å². The van der Waals surface area contributed by atoms with Crippen LogP contribution in [-0.2, 0) is 14.3 Å². The average molecular weight is 187 g/mol. The van der Waals surface area contributed by atoms with Crippen LogP contribution in [0, 0.1) is 5.92 Å². The topological polar surface area (TPSA) is 72.5 Å². The molecule has 0 spiro atoms. The van der Waals surface area contributed by atoms with E-state index in [0.717, 1.165) is 6.92 Å². The fraction of sp³-hybridized carbons (Fsp3) is 0.625. The smallest absolute Gasteiger partial charge is 0.376 e. The maximum absolute atomic E-state index is 11.0. The molecule has 1 unspecified atom stereocenters. The summed E-state index contributed by atoms with van der Waals surface area (Å²) < 4.78 is 4.30. The molecule has 74 valence electrons. The first-order valence-electron chi connectivity index (χ1n) is 4.00. The molecule has 13 heavy (non-hydrogen) atoms. The maximum atomic E-state index is 11.0. The van der Waals surface area contributed by atoms with Crippen LogP contribution in [-0.4, -0.2) is 18.0 Å². The van der Waals surface area contributed by atoms with Gasteiger partial charge in [0, 0.05) is 6.92 Å². The third-order valence-corrected chi connectivity index (χ3v) is 1.49. The standard InChI is InChI=1S/C8H13NO4/c1-4-5(2)7(11)13-8(12)9-6(3)10/h5H,4H2,1-3H3,(H,9,10,12). The molecule has 0 saturated carbocycles. The molecule has 0 saturated heterocycles. The van der Waals surface area contributed by atoms with Crippen molar-refractivity contribution in [2.24, 2.45) is 5.92 Å². The lowest BCUT2D eigenvalue weighted by Crippen LogP contribution is -2.32. The first kappa shape index (κ1) is 11.6. The van der Waals surface area contributed by atoms with Crippen molar-refractivity contribution in [1.29, 1.82) is 0 Å². The quantitative estimate of drug-likeness (QED) is 0.513. The van der Waals surface area contributed by atoms with E-state index in [0.29, 0.717) is 6.42 Å². The summed E-state index contributed by atoms with van der Waals surface area (Å²) >= 11 is 0. The molecule has 2 amide bonds. The van der Waals surface area contributed by atoms with E-state index >= 15 is 0 Å². The second-order valence-corrected chi connectivity index (χ2v) is 2.70. The highest BCUT2D eigenvalue weighted by Gasteiger charge is 2.16. The molecule has 0 aromatic heterocycles. The molecule has 0 rings (SSSR count). The van der Waals surface area contributed by atoms with Gasteiger partial charge in [0.1, 0.15) is 0 Å². The van der Waals surface area contributed by atoms with E-state index in [1.165, 1.54) is 0 Å². The van der Waals surface area contributed by atoms with Crippen LogP contribution in [0.5, 0.6) is 0 Å². The van der Waals surface area contributed by atoms with Crippen molar-refractivity contribution in [2.45, 2.75) is 27.2 Å². The number of hydrogen-bond acceptors (Lipinski definition) is 4. The minimum Gasteiger partial charge on any atom is -0.376 e. The van der Waals surface area contributed by atoms with Gasteiger partial charge < -0.3 is 4.74 Å². The lowest BCUT2D eigenvalue weighted by Gasteiger charge is -2.06. The Morgan fingerprint density at radius 3 is 2.31 bits per heavy atom. The fourth-order valence-corrected chi connectivity index (χ4v) is 0.528. The number of hydrogen-bond donors (Lipinski definition) is 1. The van der Waals surface area contributed by atoms with Gasteiger partial charge in [-0.25, -0.2) is 4.79 Å². The van der Waals surface area contributed by atoms with Gasteiger partial charge in [0.25, 0.3) is 0 Å². The molecular weight excluding hydrogens is 174 g/mol. The predicted molar refractivity (Wildman–Crippen MR) is 44.8 cm³/mol. The maximum Gasteiger partial charge on any atom is 0.421 e. The molecule has 0 radical (unpaired) electrons. The number of ether oxygens (including phenoxy) is 1. The Kier molecular flexibility index (Phi) is 4.72. The molecule has 0 aromatic rings. The van der Waals surface area contributed by atoms with E-state index in [1.54, 1.807) is 13.8 Å². The van der Waals surface area contributed by atoms with Crippen molar-refractivity contribution in [3.63, 3.8) is 0 Å². The van der Waals surface area contributed by atoms with Crippen LogP contribution < -0.4 is 5.32 Å². The summed E-state index contributed by atoms with van der Waals surface area (Å²) in [6, 6.07) is 0. The summed E-state index contributed by atoms with van der Waals surface area (Å²) in [6.07, 6.45) is -0.426. The Balaban J connectivity index is 3.92. The molecule has 0 fully saturated rings. The van der Waals surface area contributed by atoms with Crippen LogP contribution in [0.4, 0.5) is 4.79 Å². The van der Waals surface area contributed by atoms with Crippen molar-refractivity contribution in [3.05, 3.63) is 0 Å². The molecular formula is C8H13NO4. The van der Waals surface area contributed by atoms with E-state index in [-0.39, 0.29) is 5.92 Å². The monoisotopic (exact) mass is 187 g/mol. The minimum atomic E-state index is -1.02. The largest absolute Gasteiger partial charge is 0.421 e. The number of carbonyl (C=O) groups excluding carboxylic acids is 3. The van der Waals surface area contributed by atoms with Gasteiger partial charge in [0.05, 0.1) is 5.92 Å². The van der Waals surface area contributed by atoms with Crippen molar-refractivity contribution in [2.75, 3.05) is 0 Å². The highest BCUT2D eigenvalue weighted by molar-refractivity contribution is 5.95. The molecule has 0 aliphatic rings. The van der Waals surface area contributed by atoms with Crippen LogP contribution in [0.1, 0.15) is 27.2 Å². The van der Waals surface area contributed by atoms with Gasteiger partial charge >= 0.3 is 12.1 Å². The third kappa shape index (κ3) is 4.95. The van der Waals surface area contributed by atoms with Crippen LogP contribution >= 0.6 is 0 Å². The zero-order valence-corrected chi connectivity index (χ0v) is 7.92. The lowest BCUT2D eigenvalue weighted by atomic mass is 10.1. The van der Waals surface area contributed by atoms with Gasteiger partial charge in [-0.05, 0) is 6.42 Å². The molecule has 1 atom stereocenters. The van der Waals surface area contributed by atoms with E-state index in [9.17, 15) is 14.4 Å². The molecule has 1 N–H and O–H groups in total. The summed E-state index contributed by atoms with van der Waals surface area (Å²) in [5.74, 6) is -1.51. The Morgan fingerprint density at radius 1 is 1.38 bits per heavy atom. The molecule has 0 bridgehead atoms.